The Labute approximate surface area is 127 Å². The molecule has 0 radical (unpaired) electrons. The van der Waals surface area contributed by atoms with E-state index in [4.69, 9.17) is 9.47 Å². The van der Waals surface area contributed by atoms with E-state index in [1.165, 1.54) is 0 Å². The molecule has 0 unspecified atom stereocenters. The van der Waals surface area contributed by atoms with Crippen LogP contribution in [0.4, 0.5) is 5.69 Å². The number of aromatic nitrogens is 1. The molecule has 0 aliphatic carbocycles. The number of anilines is 1. The molecule has 2 rings (SSSR count). The second-order valence-corrected chi connectivity index (χ2v) is 5.04. The van der Waals surface area contributed by atoms with Crippen LogP contribution in [0.25, 0.3) is 0 Å². The van der Waals surface area contributed by atoms with Crippen molar-refractivity contribution in [1.29, 1.82) is 0 Å². The van der Waals surface area contributed by atoms with Crippen LogP contribution in [0.3, 0.4) is 0 Å². The lowest BCUT2D eigenvalue weighted by Crippen LogP contribution is -2.02. The largest absolute Gasteiger partial charge is 0.493 e. The van der Waals surface area contributed by atoms with E-state index in [0.717, 1.165) is 27.4 Å². The third kappa shape index (κ3) is 3.87. The topological polar surface area (TPSA) is 43.4 Å². The van der Waals surface area contributed by atoms with E-state index < -0.39 is 0 Å². The average molecular weight is 337 g/mol. The zero-order valence-electron chi connectivity index (χ0n) is 11.5. The Morgan fingerprint density at radius 2 is 2.05 bits per heavy atom. The maximum absolute atomic E-state index is 5.49. The van der Waals surface area contributed by atoms with Gasteiger partial charge in [0, 0.05) is 22.4 Å². The quantitative estimate of drug-likeness (QED) is 0.869. The minimum Gasteiger partial charge on any atom is -0.493 e. The first kappa shape index (κ1) is 14.7. The van der Waals surface area contributed by atoms with Gasteiger partial charge in [0.25, 0.3) is 0 Å². The van der Waals surface area contributed by atoms with E-state index in [-0.39, 0.29) is 0 Å². The molecule has 4 nitrogen and oxygen atoms in total. The number of hydrogen-bond acceptors (Lipinski definition) is 4. The van der Waals surface area contributed by atoms with Crippen LogP contribution in [0.1, 0.15) is 12.6 Å². The van der Waals surface area contributed by atoms with Gasteiger partial charge in [0.15, 0.2) is 11.5 Å². The molecule has 1 aromatic heterocycles. The Kier molecular flexibility index (Phi) is 5.24. The summed E-state index contributed by atoms with van der Waals surface area (Å²) < 4.78 is 11.8. The van der Waals surface area contributed by atoms with Crippen molar-refractivity contribution in [3.8, 4) is 11.5 Å². The van der Waals surface area contributed by atoms with Gasteiger partial charge >= 0.3 is 0 Å². The molecule has 2 aromatic rings. The Bertz CT molecular complexity index is 558. The Morgan fingerprint density at radius 3 is 2.70 bits per heavy atom. The van der Waals surface area contributed by atoms with Gasteiger partial charge in [0.05, 0.1) is 26.0 Å². The molecule has 0 saturated heterocycles. The SMILES string of the molecule is CCOc1ccc(NCc2ccc(Br)cn2)cc1OC. The maximum Gasteiger partial charge on any atom is 0.162 e. The number of nitrogens with zero attached hydrogens (tertiary/aromatic N) is 1. The van der Waals surface area contributed by atoms with Crippen LogP contribution in [0.2, 0.25) is 0 Å². The van der Waals surface area contributed by atoms with E-state index in [1.54, 1.807) is 13.3 Å². The molecule has 20 heavy (non-hydrogen) atoms. The predicted octanol–water partition coefficient (Wildman–Crippen LogP) is 3.86. The van der Waals surface area contributed by atoms with Crippen molar-refractivity contribution >= 4 is 21.6 Å². The van der Waals surface area contributed by atoms with Crippen LogP contribution in [0.15, 0.2) is 41.0 Å². The van der Waals surface area contributed by atoms with Crippen molar-refractivity contribution in [3.05, 3.63) is 46.7 Å². The van der Waals surface area contributed by atoms with Gasteiger partial charge in [-0.1, -0.05) is 0 Å². The van der Waals surface area contributed by atoms with E-state index >= 15 is 0 Å². The number of ether oxygens (including phenoxy) is 2. The van der Waals surface area contributed by atoms with Gasteiger partial charge in [-0.05, 0) is 47.1 Å². The fourth-order valence-corrected chi connectivity index (χ4v) is 1.99. The van der Waals surface area contributed by atoms with E-state index in [2.05, 4.69) is 26.2 Å². The van der Waals surface area contributed by atoms with Gasteiger partial charge in [0.1, 0.15) is 0 Å². The van der Waals surface area contributed by atoms with Gasteiger partial charge < -0.3 is 14.8 Å². The van der Waals surface area contributed by atoms with Crippen LogP contribution in [0, 0.1) is 0 Å². The van der Waals surface area contributed by atoms with Crippen molar-refractivity contribution in [1.82, 2.24) is 4.98 Å². The van der Waals surface area contributed by atoms with Gasteiger partial charge in [-0.3, -0.25) is 4.98 Å². The minimum absolute atomic E-state index is 0.617. The number of hydrogen-bond donors (Lipinski definition) is 1. The number of methoxy groups -OCH3 is 1. The van der Waals surface area contributed by atoms with Crippen LogP contribution >= 0.6 is 15.9 Å². The molecule has 0 aliphatic heterocycles. The average Bonchev–Trinajstić information content (AvgIpc) is 2.48. The van der Waals surface area contributed by atoms with Crippen molar-refractivity contribution in [2.75, 3.05) is 19.0 Å². The normalized spacial score (nSPS) is 10.2. The molecule has 1 N–H and O–H groups in total. The highest BCUT2D eigenvalue weighted by Gasteiger charge is 2.05. The van der Waals surface area contributed by atoms with Gasteiger partial charge in [-0.2, -0.15) is 0 Å². The summed E-state index contributed by atoms with van der Waals surface area (Å²) in [4.78, 5) is 4.32. The molecule has 0 spiro atoms. The predicted molar refractivity (Wildman–Crippen MR) is 83.4 cm³/mol. The summed E-state index contributed by atoms with van der Waals surface area (Å²) in [5.41, 5.74) is 1.94. The van der Waals surface area contributed by atoms with E-state index in [1.807, 2.05) is 37.3 Å². The second-order valence-electron chi connectivity index (χ2n) is 4.12. The molecular weight excluding hydrogens is 320 g/mol. The van der Waals surface area contributed by atoms with Crippen LogP contribution in [-0.4, -0.2) is 18.7 Å². The van der Waals surface area contributed by atoms with Gasteiger partial charge in [-0.25, -0.2) is 0 Å². The Morgan fingerprint density at radius 1 is 1.20 bits per heavy atom. The number of nitrogens with one attached hydrogen (secondary N) is 1. The molecule has 1 heterocycles. The molecule has 0 atom stereocenters. The maximum atomic E-state index is 5.49. The highest BCUT2D eigenvalue weighted by atomic mass is 79.9. The standard InChI is InChI=1S/C15H17BrN2O2/c1-3-20-14-7-6-12(8-15(14)19-2)18-10-13-5-4-11(16)9-17-13/h4-9,18H,3,10H2,1-2H3. The Balaban J connectivity index is 2.04. The summed E-state index contributed by atoms with van der Waals surface area (Å²) >= 11 is 3.37. The van der Waals surface area contributed by atoms with Crippen molar-refractivity contribution < 1.29 is 9.47 Å². The molecule has 0 fully saturated rings. The lowest BCUT2D eigenvalue weighted by Gasteiger charge is -2.12. The summed E-state index contributed by atoms with van der Waals surface area (Å²) in [6.45, 7) is 3.22. The highest BCUT2D eigenvalue weighted by molar-refractivity contribution is 9.10. The number of rotatable bonds is 6. The van der Waals surface area contributed by atoms with Crippen LogP contribution in [-0.2, 0) is 6.54 Å². The van der Waals surface area contributed by atoms with Crippen molar-refractivity contribution in [3.63, 3.8) is 0 Å². The van der Waals surface area contributed by atoms with Gasteiger partial charge in [0.2, 0.25) is 0 Å². The number of pyridine rings is 1. The van der Waals surface area contributed by atoms with E-state index in [0.29, 0.717) is 13.2 Å². The minimum atomic E-state index is 0.617. The zero-order valence-corrected chi connectivity index (χ0v) is 13.1. The molecule has 0 aliphatic rings. The first-order valence-electron chi connectivity index (χ1n) is 6.38. The van der Waals surface area contributed by atoms with E-state index in [9.17, 15) is 0 Å². The van der Waals surface area contributed by atoms with Crippen molar-refractivity contribution in [2.24, 2.45) is 0 Å². The molecule has 0 amide bonds. The van der Waals surface area contributed by atoms with Crippen LogP contribution < -0.4 is 14.8 Å². The fourth-order valence-electron chi connectivity index (χ4n) is 1.76. The summed E-state index contributed by atoms with van der Waals surface area (Å²) in [5, 5.41) is 3.31. The summed E-state index contributed by atoms with van der Waals surface area (Å²) in [6.07, 6.45) is 1.79. The Hall–Kier alpha value is -1.75. The molecular formula is C15H17BrN2O2. The zero-order chi connectivity index (χ0) is 14.4. The monoisotopic (exact) mass is 336 g/mol. The lowest BCUT2D eigenvalue weighted by atomic mass is 10.2. The van der Waals surface area contributed by atoms with Gasteiger partial charge in [-0.15, -0.1) is 0 Å². The molecule has 1 aromatic carbocycles. The molecule has 0 bridgehead atoms. The smallest absolute Gasteiger partial charge is 0.162 e. The fraction of sp³-hybridized carbons (Fsp3) is 0.267. The summed E-state index contributed by atoms with van der Waals surface area (Å²) in [7, 11) is 1.64. The summed E-state index contributed by atoms with van der Waals surface area (Å²) in [6, 6.07) is 9.74. The third-order valence-corrected chi connectivity index (χ3v) is 3.19. The summed E-state index contributed by atoms with van der Waals surface area (Å²) in [5.74, 6) is 1.47. The van der Waals surface area contributed by atoms with Crippen LogP contribution in [0.5, 0.6) is 11.5 Å². The number of benzene rings is 1. The molecule has 106 valence electrons. The highest BCUT2D eigenvalue weighted by Crippen LogP contribution is 2.30. The number of halogens is 1. The lowest BCUT2D eigenvalue weighted by molar-refractivity contribution is 0.311. The van der Waals surface area contributed by atoms with Crippen molar-refractivity contribution in [2.45, 2.75) is 13.5 Å². The molecule has 0 saturated carbocycles. The third-order valence-electron chi connectivity index (χ3n) is 2.73. The first-order chi connectivity index (χ1) is 9.72. The second kappa shape index (κ2) is 7.14. The molecule has 5 heteroatoms. The first-order valence-corrected chi connectivity index (χ1v) is 7.17.